The number of phenolic OH excluding ortho intramolecular Hbond substituents is 1. The predicted octanol–water partition coefficient (Wildman–Crippen LogP) is 3.16. The molecule has 1 aromatic carbocycles. The molecule has 0 radical (unpaired) electrons. The van der Waals surface area contributed by atoms with Gasteiger partial charge >= 0.3 is 0 Å². The molecule has 0 fully saturated rings. The lowest BCUT2D eigenvalue weighted by Crippen LogP contribution is -2.03. The second-order valence-electron chi connectivity index (χ2n) is 4.15. The molecule has 0 saturated carbocycles. The summed E-state index contributed by atoms with van der Waals surface area (Å²) in [4.78, 5) is 4.30. The normalized spacial score (nSPS) is 10.2. The first-order valence-electron chi connectivity index (χ1n) is 6.06. The number of anilines is 1. The van der Waals surface area contributed by atoms with E-state index in [9.17, 15) is 5.11 Å². The quantitative estimate of drug-likeness (QED) is 0.623. The molecule has 2 N–H and O–H groups in total. The van der Waals surface area contributed by atoms with Crippen LogP contribution in [0.15, 0.2) is 30.5 Å². The Kier molecular flexibility index (Phi) is 4.03. The Balaban J connectivity index is 2.08. The van der Waals surface area contributed by atoms with Crippen LogP contribution in [0.2, 0.25) is 0 Å². The molecule has 0 amide bonds. The van der Waals surface area contributed by atoms with Crippen LogP contribution < -0.4 is 5.32 Å². The van der Waals surface area contributed by atoms with E-state index in [-0.39, 0.29) is 5.75 Å². The zero-order valence-corrected chi connectivity index (χ0v) is 10.2. The summed E-state index contributed by atoms with van der Waals surface area (Å²) in [6.07, 6.45) is 9.81. The molecular formula is C15H16N2O. The van der Waals surface area contributed by atoms with E-state index in [2.05, 4.69) is 16.2 Å². The monoisotopic (exact) mass is 240 g/mol. The lowest BCUT2D eigenvalue weighted by atomic mass is 10.1. The summed E-state index contributed by atoms with van der Waals surface area (Å²) in [7, 11) is 0. The number of aromatic nitrogens is 1. The molecule has 0 aliphatic heterocycles. The van der Waals surface area contributed by atoms with Crippen LogP contribution in [0.4, 0.5) is 5.82 Å². The van der Waals surface area contributed by atoms with Crippen molar-refractivity contribution in [2.75, 3.05) is 11.9 Å². The van der Waals surface area contributed by atoms with Crippen LogP contribution in [0.3, 0.4) is 0 Å². The Morgan fingerprint density at radius 2 is 2.17 bits per heavy atom. The van der Waals surface area contributed by atoms with Crippen molar-refractivity contribution in [2.45, 2.75) is 19.3 Å². The summed E-state index contributed by atoms with van der Waals surface area (Å²) >= 11 is 0. The second kappa shape index (κ2) is 5.92. The number of unbranched alkanes of at least 4 members (excludes halogenated alkanes) is 2. The van der Waals surface area contributed by atoms with Gasteiger partial charge < -0.3 is 10.4 Å². The van der Waals surface area contributed by atoms with Crippen molar-refractivity contribution >= 4 is 16.6 Å². The molecule has 0 unspecified atom stereocenters. The van der Waals surface area contributed by atoms with Crippen molar-refractivity contribution < 1.29 is 5.11 Å². The van der Waals surface area contributed by atoms with Gasteiger partial charge in [0.05, 0.1) is 0 Å². The van der Waals surface area contributed by atoms with Gasteiger partial charge in [0, 0.05) is 24.5 Å². The summed E-state index contributed by atoms with van der Waals surface area (Å²) < 4.78 is 0. The number of phenols is 1. The van der Waals surface area contributed by atoms with E-state index in [0.29, 0.717) is 0 Å². The Hall–Kier alpha value is -2.21. The largest absolute Gasteiger partial charge is 0.508 e. The topological polar surface area (TPSA) is 45.2 Å². The first-order valence-corrected chi connectivity index (χ1v) is 6.06. The Bertz CT molecular complexity index is 572. The maximum absolute atomic E-state index is 9.52. The maximum atomic E-state index is 9.52. The number of terminal acetylenes is 1. The summed E-state index contributed by atoms with van der Waals surface area (Å²) in [5.41, 5.74) is 0. The zero-order valence-electron chi connectivity index (χ0n) is 10.2. The van der Waals surface area contributed by atoms with Crippen molar-refractivity contribution in [3.05, 3.63) is 30.5 Å². The molecule has 0 atom stereocenters. The van der Waals surface area contributed by atoms with Gasteiger partial charge in [0.1, 0.15) is 11.6 Å². The van der Waals surface area contributed by atoms with Crippen LogP contribution in [-0.4, -0.2) is 16.6 Å². The summed E-state index contributed by atoms with van der Waals surface area (Å²) in [5, 5.41) is 14.8. The zero-order chi connectivity index (χ0) is 12.8. The number of rotatable bonds is 5. The van der Waals surface area contributed by atoms with Crippen LogP contribution in [0.1, 0.15) is 19.3 Å². The molecule has 0 aliphatic carbocycles. The molecule has 2 rings (SSSR count). The number of benzene rings is 1. The molecule has 0 aliphatic rings. The third kappa shape index (κ3) is 2.92. The van der Waals surface area contributed by atoms with E-state index in [1.807, 2.05) is 12.1 Å². The molecule has 1 aromatic heterocycles. The third-order valence-electron chi connectivity index (χ3n) is 2.79. The molecule has 18 heavy (non-hydrogen) atoms. The van der Waals surface area contributed by atoms with Crippen LogP contribution in [0.5, 0.6) is 5.75 Å². The Labute approximate surface area is 107 Å². The third-order valence-corrected chi connectivity index (χ3v) is 2.79. The van der Waals surface area contributed by atoms with Gasteiger partial charge in [-0.3, -0.25) is 0 Å². The lowest BCUT2D eigenvalue weighted by molar-refractivity contribution is 0.476. The maximum Gasteiger partial charge on any atom is 0.133 e. The fourth-order valence-electron chi connectivity index (χ4n) is 1.86. The van der Waals surface area contributed by atoms with E-state index >= 15 is 0 Å². The molecule has 92 valence electrons. The minimum Gasteiger partial charge on any atom is -0.508 e. The highest BCUT2D eigenvalue weighted by molar-refractivity contribution is 5.92. The summed E-state index contributed by atoms with van der Waals surface area (Å²) in [6, 6.07) is 7.22. The van der Waals surface area contributed by atoms with Crippen LogP contribution in [-0.2, 0) is 0 Å². The van der Waals surface area contributed by atoms with Gasteiger partial charge in [0.2, 0.25) is 0 Å². The summed E-state index contributed by atoms with van der Waals surface area (Å²) in [5.74, 6) is 3.69. The van der Waals surface area contributed by atoms with Gasteiger partial charge in [-0.15, -0.1) is 12.3 Å². The summed E-state index contributed by atoms with van der Waals surface area (Å²) in [6.45, 7) is 0.837. The van der Waals surface area contributed by atoms with E-state index in [4.69, 9.17) is 6.42 Å². The first kappa shape index (κ1) is 12.3. The van der Waals surface area contributed by atoms with Gasteiger partial charge in [0.25, 0.3) is 0 Å². The van der Waals surface area contributed by atoms with Crippen LogP contribution in [0.25, 0.3) is 10.8 Å². The molecule has 1 heterocycles. The van der Waals surface area contributed by atoms with Crippen LogP contribution in [0, 0.1) is 12.3 Å². The minimum absolute atomic E-state index is 0.255. The number of aromatic hydroxyl groups is 1. The molecule has 2 aromatic rings. The van der Waals surface area contributed by atoms with Crippen LogP contribution >= 0.6 is 0 Å². The highest BCUT2D eigenvalue weighted by atomic mass is 16.3. The molecule has 0 bridgehead atoms. The average Bonchev–Trinajstić information content (AvgIpc) is 2.39. The van der Waals surface area contributed by atoms with Gasteiger partial charge in [-0.05, 0) is 36.4 Å². The van der Waals surface area contributed by atoms with Gasteiger partial charge in [-0.2, -0.15) is 0 Å². The Morgan fingerprint density at radius 3 is 3.00 bits per heavy atom. The van der Waals surface area contributed by atoms with E-state index < -0.39 is 0 Å². The Morgan fingerprint density at radius 1 is 1.28 bits per heavy atom. The number of nitrogens with zero attached hydrogens (tertiary/aromatic N) is 1. The van der Waals surface area contributed by atoms with Crippen molar-refractivity contribution in [3.63, 3.8) is 0 Å². The van der Waals surface area contributed by atoms with Crippen molar-refractivity contribution in [1.29, 1.82) is 0 Å². The number of hydrogen-bond acceptors (Lipinski definition) is 3. The molecule has 0 spiro atoms. The molecule has 0 saturated heterocycles. The highest BCUT2D eigenvalue weighted by Gasteiger charge is 2.02. The molecule has 3 nitrogen and oxygen atoms in total. The number of pyridine rings is 1. The highest BCUT2D eigenvalue weighted by Crippen LogP contribution is 2.24. The van der Waals surface area contributed by atoms with Gasteiger partial charge in [0.15, 0.2) is 0 Å². The predicted molar refractivity (Wildman–Crippen MR) is 74.6 cm³/mol. The average molecular weight is 240 g/mol. The van der Waals surface area contributed by atoms with Crippen molar-refractivity contribution in [1.82, 2.24) is 4.98 Å². The first-order chi connectivity index (χ1) is 8.81. The van der Waals surface area contributed by atoms with Gasteiger partial charge in [-0.25, -0.2) is 4.98 Å². The number of nitrogens with one attached hydrogen (secondary N) is 1. The number of fused-ring (bicyclic) bond motifs is 1. The van der Waals surface area contributed by atoms with Crippen molar-refractivity contribution in [2.24, 2.45) is 0 Å². The fraction of sp³-hybridized carbons (Fsp3) is 0.267. The minimum atomic E-state index is 0.255. The van der Waals surface area contributed by atoms with E-state index in [1.165, 1.54) is 0 Å². The van der Waals surface area contributed by atoms with Gasteiger partial charge in [-0.1, -0.05) is 6.07 Å². The van der Waals surface area contributed by atoms with E-state index in [0.717, 1.165) is 42.4 Å². The van der Waals surface area contributed by atoms with Crippen molar-refractivity contribution in [3.8, 4) is 18.1 Å². The second-order valence-corrected chi connectivity index (χ2v) is 4.15. The fourth-order valence-corrected chi connectivity index (χ4v) is 1.86. The molecule has 3 heteroatoms. The molecular weight excluding hydrogens is 224 g/mol. The smallest absolute Gasteiger partial charge is 0.133 e. The number of hydrogen-bond donors (Lipinski definition) is 2. The SMILES string of the molecule is C#CCCCCNc1nccc2ccc(O)cc12. The lowest BCUT2D eigenvalue weighted by Gasteiger charge is -2.08. The van der Waals surface area contributed by atoms with E-state index in [1.54, 1.807) is 18.3 Å². The standard InChI is InChI=1S/C15H16N2O/c1-2-3-4-5-9-16-15-14-11-13(18)7-6-12(14)8-10-17-15/h1,6-8,10-11,18H,3-5,9H2,(H,16,17).